The van der Waals surface area contributed by atoms with Crippen molar-refractivity contribution in [2.75, 3.05) is 23.3 Å². The SMILES string of the molecule is C/C=C(\N)c1cc(F)c(CC(C)C(C)C)nc1Nc1cnc(N2CCCCC2)c(F)c1. The highest BCUT2D eigenvalue weighted by atomic mass is 19.1. The average molecular weight is 430 g/mol. The van der Waals surface area contributed by atoms with Crippen molar-refractivity contribution in [2.24, 2.45) is 17.6 Å². The van der Waals surface area contributed by atoms with Crippen molar-refractivity contribution in [3.8, 4) is 0 Å². The summed E-state index contributed by atoms with van der Waals surface area (Å²) in [5.41, 5.74) is 7.75. The van der Waals surface area contributed by atoms with Crippen molar-refractivity contribution in [3.05, 3.63) is 47.3 Å². The first kappa shape index (κ1) is 23.0. The minimum atomic E-state index is -0.386. The van der Waals surface area contributed by atoms with Crippen LogP contribution in [0, 0.1) is 23.5 Å². The largest absolute Gasteiger partial charge is 0.398 e. The first-order chi connectivity index (χ1) is 14.8. The second-order valence-corrected chi connectivity index (χ2v) is 8.68. The molecule has 2 aromatic rings. The van der Waals surface area contributed by atoms with E-state index in [2.05, 4.69) is 36.1 Å². The molecule has 1 aliphatic heterocycles. The molecule has 0 radical (unpaired) electrons. The quantitative estimate of drug-likeness (QED) is 0.596. The summed E-state index contributed by atoms with van der Waals surface area (Å²) in [4.78, 5) is 10.9. The zero-order chi connectivity index (χ0) is 22.5. The molecule has 2 aromatic heterocycles. The Kier molecular flexibility index (Phi) is 7.46. The Morgan fingerprint density at radius 1 is 1.16 bits per heavy atom. The number of halogens is 2. The number of piperidine rings is 1. The molecule has 3 N–H and O–H groups in total. The van der Waals surface area contributed by atoms with Gasteiger partial charge in [0.25, 0.3) is 0 Å². The van der Waals surface area contributed by atoms with Gasteiger partial charge in [-0.25, -0.2) is 18.7 Å². The minimum Gasteiger partial charge on any atom is -0.398 e. The number of hydrogen-bond donors (Lipinski definition) is 2. The van der Waals surface area contributed by atoms with Crippen molar-refractivity contribution in [2.45, 2.75) is 53.4 Å². The monoisotopic (exact) mass is 429 g/mol. The zero-order valence-corrected chi connectivity index (χ0v) is 18.9. The standard InChI is InChI=1S/C24H33F2N5/c1-5-21(27)18-13-19(25)22(11-16(4)15(2)3)30-23(18)29-17-12-20(26)24(28-14-17)31-9-7-6-8-10-31/h5,12-16H,6-11,27H2,1-4H3,(H,29,30)/b21-5-. The molecule has 1 saturated heterocycles. The van der Waals surface area contributed by atoms with Crippen LogP contribution in [0.5, 0.6) is 0 Å². The molecule has 1 aliphatic rings. The number of aromatic nitrogens is 2. The van der Waals surface area contributed by atoms with Crippen LogP contribution in [-0.4, -0.2) is 23.1 Å². The van der Waals surface area contributed by atoms with Crippen molar-refractivity contribution < 1.29 is 8.78 Å². The van der Waals surface area contributed by atoms with Crippen molar-refractivity contribution in [1.29, 1.82) is 0 Å². The van der Waals surface area contributed by atoms with E-state index in [-0.39, 0.29) is 17.6 Å². The predicted molar refractivity (Wildman–Crippen MR) is 123 cm³/mol. The number of anilines is 3. The van der Waals surface area contributed by atoms with Gasteiger partial charge in [-0.2, -0.15) is 0 Å². The summed E-state index contributed by atoms with van der Waals surface area (Å²) in [5, 5.41) is 3.11. The lowest BCUT2D eigenvalue weighted by Gasteiger charge is -2.28. The van der Waals surface area contributed by atoms with Gasteiger partial charge in [0.05, 0.1) is 17.6 Å². The number of nitrogens with two attached hydrogens (primary N) is 1. The Morgan fingerprint density at radius 3 is 2.48 bits per heavy atom. The number of pyridine rings is 2. The number of allylic oxidation sites excluding steroid dienone is 1. The van der Waals surface area contributed by atoms with Crippen LogP contribution < -0.4 is 16.0 Å². The van der Waals surface area contributed by atoms with Gasteiger partial charge >= 0.3 is 0 Å². The van der Waals surface area contributed by atoms with Crippen LogP contribution in [0.25, 0.3) is 5.70 Å². The molecule has 0 bridgehead atoms. The van der Waals surface area contributed by atoms with E-state index in [1.165, 1.54) is 18.6 Å². The topological polar surface area (TPSA) is 67.1 Å². The first-order valence-corrected chi connectivity index (χ1v) is 11.1. The molecular formula is C24H33F2N5. The molecule has 168 valence electrons. The summed E-state index contributed by atoms with van der Waals surface area (Å²) >= 11 is 0. The Balaban J connectivity index is 1.92. The smallest absolute Gasteiger partial charge is 0.167 e. The van der Waals surface area contributed by atoms with E-state index in [9.17, 15) is 8.78 Å². The molecule has 0 amide bonds. The van der Waals surface area contributed by atoms with Gasteiger partial charge in [0.2, 0.25) is 0 Å². The van der Waals surface area contributed by atoms with Crippen LogP contribution in [0.1, 0.15) is 58.2 Å². The Morgan fingerprint density at radius 2 is 1.87 bits per heavy atom. The molecule has 0 aromatic carbocycles. The highest BCUT2D eigenvalue weighted by molar-refractivity contribution is 5.75. The summed E-state index contributed by atoms with van der Waals surface area (Å²) in [6.07, 6.45) is 7.05. The summed E-state index contributed by atoms with van der Waals surface area (Å²) in [6, 6.07) is 2.81. The predicted octanol–water partition coefficient (Wildman–Crippen LogP) is 5.64. The highest BCUT2D eigenvalue weighted by Gasteiger charge is 2.19. The van der Waals surface area contributed by atoms with Crippen LogP contribution in [-0.2, 0) is 6.42 Å². The molecule has 5 nitrogen and oxygen atoms in total. The van der Waals surface area contributed by atoms with Crippen LogP contribution in [0.3, 0.4) is 0 Å². The maximum atomic E-state index is 14.8. The highest BCUT2D eigenvalue weighted by Crippen LogP contribution is 2.29. The molecule has 1 unspecified atom stereocenters. The van der Waals surface area contributed by atoms with Gasteiger partial charge in [0.1, 0.15) is 11.6 Å². The summed E-state index contributed by atoms with van der Waals surface area (Å²) in [6.45, 7) is 9.69. The molecule has 1 fully saturated rings. The lowest BCUT2D eigenvalue weighted by atomic mass is 9.92. The third-order valence-electron chi connectivity index (χ3n) is 6.06. The Bertz CT molecular complexity index is 936. The van der Waals surface area contributed by atoms with Crippen molar-refractivity contribution in [1.82, 2.24) is 9.97 Å². The number of nitrogens with one attached hydrogen (secondary N) is 1. The van der Waals surface area contributed by atoms with Gasteiger partial charge in [-0.1, -0.05) is 26.8 Å². The van der Waals surface area contributed by atoms with E-state index in [1.807, 2.05) is 4.90 Å². The Labute approximate surface area is 183 Å². The molecule has 0 aliphatic carbocycles. The second-order valence-electron chi connectivity index (χ2n) is 8.68. The second kappa shape index (κ2) is 10.1. The maximum absolute atomic E-state index is 14.8. The minimum absolute atomic E-state index is 0.266. The number of hydrogen-bond acceptors (Lipinski definition) is 5. The normalized spacial score (nSPS) is 16.0. The van der Waals surface area contributed by atoms with Crippen LogP contribution in [0.15, 0.2) is 24.4 Å². The van der Waals surface area contributed by atoms with Gasteiger partial charge in [0.15, 0.2) is 11.6 Å². The van der Waals surface area contributed by atoms with Crippen LogP contribution in [0.2, 0.25) is 0 Å². The summed E-state index contributed by atoms with van der Waals surface area (Å²) < 4.78 is 29.6. The fourth-order valence-electron chi connectivity index (χ4n) is 3.66. The molecule has 7 heteroatoms. The third kappa shape index (κ3) is 5.51. The number of nitrogens with zero attached hydrogens (tertiary/aromatic N) is 3. The fourth-order valence-corrected chi connectivity index (χ4v) is 3.66. The molecule has 31 heavy (non-hydrogen) atoms. The average Bonchev–Trinajstić information content (AvgIpc) is 2.75. The van der Waals surface area contributed by atoms with E-state index < -0.39 is 0 Å². The molecule has 3 heterocycles. The van der Waals surface area contributed by atoms with E-state index in [0.29, 0.717) is 46.6 Å². The van der Waals surface area contributed by atoms with E-state index in [4.69, 9.17) is 5.73 Å². The van der Waals surface area contributed by atoms with Crippen molar-refractivity contribution >= 4 is 23.0 Å². The molecule has 0 spiro atoms. The van der Waals surface area contributed by atoms with E-state index in [0.717, 1.165) is 25.9 Å². The van der Waals surface area contributed by atoms with Gasteiger partial charge in [-0.15, -0.1) is 0 Å². The lowest BCUT2D eigenvalue weighted by molar-refractivity contribution is 0.406. The van der Waals surface area contributed by atoms with Gasteiger partial charge < -0.3 is 16.0 Å². The molecule has 0 saturated carbocycles. The summed E-state index contributed by atoms with van der Waals surface area (Å²) in [5.74, 6) is 0.666. The van der Waals surface area contributed by atoms with Crippen LogP contribution >= 0.6 is 0 Å². The van der Waals surface area contributed by atoms with Gasteiger partial charge in [-0.3, -0.25) is 0 Å². The molecule has 3 rings (SSSR count). The fraction of sp³-hybridized carbons (Fsp3) is 0.500. The van der Waals surface area contributed by atoms with Gasteiger partial charge in [0, 0.05) is 30.4 Å². The van der Waals surface area contributed by atoms with Crippen LogP contribution in [0.4, 0.5) is 26.1 Å². The maximum Gasteiger partial charge on any atom is 0.167 e. The first-order valence-electron chi connectivity index (χ1n) is 11.1. The number of rotatable bonds is 7. The summed E-state index contributed by atoms with van der Waals surface area (Å²) in [7, 11) is 0. The zero-order valence-electron chi connectivity index (χ0n) is 18.9. The van der Waals surface area contributed by atoms with Crippen molar-refractivity contribution in [3.63, 3.8) is 0 Å². The molecule has 1 atom stereocenters. The van der Waals surface area contributed by atoms with E-state index >= 15 is 0 Å². The van der Waals surface area contributed by atoms with Gasteiger partial charge in [-0.05, 0) is 50.5 Å². The molecular weight excluding hydrogens is 396 g/mol. The lowest BCUT2D eigenvalue weighted by Crippen LogP contribution is -2.30. The van der Waals surface area contributed by atoms with E-state index in [1.54, 1.807) is 19.2 Å². The third-order valence-corrected chi connectivity index (χ3v) is 6.06. The Hall–Kier alpha value is -2.70.